The van der Waals surface area contributed by atoms with Crippen LogP contribution < -0.4 is 5.32 Å². The fourth-order valence-electron chi connectivity index (χ4n) is 1.53. The van der Waals surface area contributed by atoms with Gasteiger partial charge in [-0.2, -0.15) is 0 Å². The normalized spacial score (nSPS) is 9.94. The summed E-state index contributed by atoms with van der Waals surface area (Å²) < 4.78 is 4.75. The first-order valence-electron chi connectivity index (χ1n) is 5.67. The third-order valence-corrected chi connectivity index (χ3v) is 2.37. The van der Waals surface area contributed by atoms with Crippen molar-refractivity contribution in [2.75, 3.05) is 11.9 Å². The molecule has 1 rings (SSSR count). The molecule has 2 N–H and O–H groups in total. The lowest BCUT2D eigenvalue weighted by Gasteiger charge is -2.11. The number of carbonyl (C=O) groups excluding carboxylic acids is 1. The predicted molar refractivity (Wildman–Crippen MR) is 66.0 cm³/mol. The number of hydrogen-bond acceptors (Lipinski definition) is 4. The molecule has 0 saturated heterocycles. The van der Waals surface area contributed by atoms with Gasteiger partial charge in [-0.15, -0.1) is 0 Å². The molecule has 0 radical (unpaired) electrons. The van der Waals surface area contributed by atoms with Gasteiger partial charge in [0.25, 0.3) is 0 Å². The summed E-state index contributed by atoms with van der Waals surface area (Å²) in [5, 5.41) is 11.5. The van der Waals surface area contributed by atoms with Gasteiger partial charge in [0.15, 0.2) is 0 Å². The zero-order chi connectivity index (χ0) is 13.7. The summed E-state index contributed by atoms with van der Waals surface area (Å²) >= 11 is 0. The van der Waals surface area contributed by atoms with Gasteiger partial charge in [-0.25, -0.2) is 9.59 Å². The number of nitrogens with zero attached hydrogens (tertiary/aromatic N) is 1. The van der Waals surface area contributed by atoms with Crippen molar-refractivity contribution < 1.29 is 19.4 Å². The molecule has 0 fully saturated rings. The van der Waals surface area contributed by atoms with Crippen LogP contribution in [0.5, 0.6) is 0 Å². The fourth-order valence-corrected chi connectivity index (χ4v) is 1.53. The molecule has 0 aromatic carbocycles. The Balaban J connectivity index is 3.11. The van der Waals surface area contributed by atoms with Gasteiger partial charge >= 0.3 is 12.1 Å². The average Bonchev–Trinajstić information content (AvgIpc) is 2.30. The van der Waals surface area contributed by atoms with Gasteiger partial charge in [0.05, 0.1) is 29.2 Å². The first-order chi connectivity index (χ1) is 8.49. The largest absolute Gasteiger partial charge is 0.478 e. The van der Waals surface area contributed by atoms with Crippen molar-refractivity contribution in [3.8, 4) is 0 Å². The van der Waals surface area contributed by atoms with E-state index in [2.05, 4.69) is 10.3 Å². The third-order valence-electron chi connectivity index (χ3n) is 2.37. The Bertz CT molecular complexity index is 471. The number of aryl methyl sites for hydroxylation is 2. The summed E-state index contributed by atoms with van der Waals surface area (Å²) in [5.74, 6) is -1.07. The van der Waals surface area contributed by atoms with Crippen LogP contribution in [0.3, 0.4) is 0 Å². The molecule has 98 valence electrons. The lowest BCUT2D eigenvalue weighted by Crippen LogP contribution is -2.16. The molecule has 0 bridgehead atoms. The number of rotatable bonds is 4. The van der Waals surface area contributed by atoms with Crippen LogP contribution in [0.2, 0.25) is 0 Å². The summed E-state index contributed by atoms with van der Waals surface area (Å²) in [4.78, 5) is 26.5. The Hall–Kier alpha value is -2.11. The van der Waals surface area contributed by atoms with Crippen LogP contribution in [-0.2, 0) is 11.2 Å². The number of nitrogens with one attached hydrogen (secondary N) is 1. The van der Waals surface area contributed by atoms with Crippen LogP contribution in [-0.4, -0.2) is 28.8 Å². The zero-order valence-corrected chi connectivity index (χ0v) is 10.6. The molecule has 0 saturated carbocycles. The fraction of sp³-hybridized carbons (Fsp3) is 0.417. The molecule has 1 amide bonds. The Kier molecular flexibility index (Phi) is 4.65. The number of carboxylic acids is 1. The quantitative estimate of drug-likeness (QED) is 0.857. The van der Waals surface area contributed by atoms with E-state index in [1.807, 2.05) is 6.92 Å². The number of anilines is 1. The van der Waals surface area contributed by atoms with E-state index in [-0.39, 0.29) is 12.2 Å². The standard InChI is InChI=1S/C12H16N2O4/c1-4-9-10(14-12(17)18-5-2)6-8(11(15)16)7(3)13-9/h6H,4-5H2,1-3H3,(H,14,17)(H,15,16). The molecule has 0 aliphatic carbocycles. The summed E-state index contributed by atoms with van der Waals surface area (Å²) in [6.07, 6.45) is -0.0307. The third kappa shape index (κ3) is 3.19. The summed E-state index contributed by atoms with van der Waals surface area (Å²) in [6, 6.07) is 1.40. The Morgan fingerprint density at radius 2 is 2.11 bits per heavy atom. The average molecular weight is 252 g/mol. The zero-order valence-electron chi connectivity index (χ0n) is 10.6. The minimum absolute atomic E-state index is 0.0685. The van der Waals surface area contributed by atoms with E-state index in [1.165, 1.54) is 6.07 Å². The van der Waals surface area contributed by atoms with Crippen LogP contribution in [0.4, 0.5) is 10.5 Å². The minimum atomic E-state index is -1.07. The number of hydrogen-bond donors (Lipinski definition) is 2. The first-order valence-corrected chi connectivity index (χ1v) is 5.67. The minimum Gasteiger partial charge on any atom is -0.478 e. The van der Waals surface area contributed by atoms with Gasteiger partial charge in [-0.1, -0.05) is 6.92 Å². The highest BCUT2D eigenvalue weighted by Crippen LogP contribution is 2.19. The maximum absolute atomic E-state index is 11.3. The van der Waals surface area contributed by atoms with Crippen molar-refractivity contribution in [3.63, 3.8) is 0 Å². The van der Waals surface area contributed by atoms with Gasteiger partial charge in [0.1, 0.15) is 0 Å². The highest BCUT2D eigenvalue weighted by atomic mass is 16.5. The summed E-state index contributed by atoms with van der Waals surface area (Å²) in [5.41, 5.74) is 1.50. The number of amides is 1. The van der Waals surface area contributed by atoms with E-state index in [1.54, 1.807) is 13.8 Å². The lowest BCUT2D eigenvalue weighted by atomic mass is 10.1. The molecular weight excluding hydrogens is 236 g/mol. The molecule has 6 nitrogen and oxygen atoms in total. The first kappa shape index (κ1) is 14.0. The van der Waals surface area contributed by atoms with E-state index in [4.69, 9.17) is 9.84 Å². The van der Waals surface area contributed by atoms with Crippen LogP contribution in [0.25, 0.3) is 0 Å². The molecular formula is C12H16N2O4. The van der Waals surface area contributed by atoms with Gasteiger partial charge in [0.2, 0.25) is 0 Å². The highest BCUT2D eigenvalue weighted by molar-refractivity contribution is 5.92. The smallest absolute Gasteiger partial charge is 0.411 e. The summed E-state index contributed by atoms with van der Waals surface area (Å²) in [6.45, 7) is 5.43. The molecule has 6 heteroatoms. The van der Waals surface area contributed by atoms with Crippen molar-refractivity contribution in [1.29, 1.82) is 0 Å². The van der Waals surface area contributed by atoms with Crippen molar-refractivity contribution in [1.82, 2.24) is 4.98 Å². The van der Waals surface area contributed by atoms with E-state index in [0.29, 0.717) is 23.5 Å². The van der Waals surface area contributed by atoms with Crippen molar-refractivity contribution in [2.24, 2.45) is 0 Å². The molecule has 0 aliphatic heterocycles. The monoisotopic (exact) mass is 252 g/mol. The molecule has 1 heterocycles. The van der Waals surface area contributed by atoms with Crippen LogP contribution >= 0.6 is 0 Å². The second kappa shape index (κ2) is 6.00. The van der Waals surface area contributed by atoms with Crippen LogP contribution in [0, 0.1) is 6.92 Å². The molecule has 0 aliphatic rings. The summed E-state index contributed by atoms with van der Waals surface area (Å²) in [7, 11) is 0. The number of ether oxygens (including phenoxy) is 1. The number of pyridine rings is 1. The predicted octanol–water partition coefficient (Wildman–Crippen LogP) is 2.22. The maximum Gasteiger partial charge on any atom is 0.411 e. The number of aromatic nitrogens is 1. The maximum atomic E-state index is 11.3. The molecule has 0 atom stereocenters. The van der Waals surface area contributed by atoms with E-state index < -0.39 is 12.1 Å². The van der Waals surface area contributed by atoms with Gasteiger partial charge in [-0.3, -0.25) is 10.3 Å². The van der Waals surface area contributed by atoms with Crippen molar-refractivity contribution in [3.05, 3.63) is 23.0 Å². The van der Waals surface area contributed by atoms with Gasteiger partial charge in [0, 0.05) is 0 Å². The van der Waals surface area contributed by atoms with Crippen molar-refractivity contribution >= 4 is 17.7 Å². The second-order valence-electron chi connectivity index (χ2n) is 3.62. The molecule has 0 spiro atoms. The highest BCUT2D eigenvalue weighted by Gasteiger charge is 2.15. The number of aromatic carboxylic acids is 1. The van der Waals surface area contributed by atoms with Gasteiger partial charge < -0.3 is 9.84 Å². The number of carbonyl (C=O) groups is 2. The molecule has 1 aromatic rings. The topological polar surface area (TPSA) is 88.5 Å². The Labute approximate surface area is 105 Å². The van der Waals surface area contributed by atoms with E-state index in [0.717, 1.165) is 0 Å². The van der Waals surface area contributed by atoms with E-state index >= 15 is 0 Å². The van der Waals surface area contributed by atoms with Crippen molar-refractivity contribution in [2.45, 2.75) is 27.2 Å². The van der Waals surface area contributed by atoms with Crippen LogP contribution in [0.15, 0.2) is 6.07 Å². The molecule has 0 unspecified atom stereocenters. The number of carboxylic acid groups (broad SMARTS) is 1. The molecule has 18 heavy (non-hydrogen) atoms. The van der Waals surface area contributed by atoms with E-state index in [9.17, 15) is 9.59 Å². The van der Waals surface area contributed by atoms with Gasteiger partial charge in [-0.05, 0) is 26.3 Å². The lowest BCUT2D eigenvalue weighted by molar-refractivity contribution is 0.0695. The Morgan fingerprint density at radius 1 is 1.44 bits per heavy atom. The van der Waals surface area contributed by atoms with Crippen LogP contribution in [0.1, 0.15) is 35.6 Å². The Morgan fingerprint density at radius 3 is 2.61 bits per heavy atom. The second-order valence-corrected chi connectivity index (χ2v) is 3.62. The molecule has 1 aromatic heterocycles. The SMILES string of the molecule is CCOC(=O)Nc1cc(C(=O)O)c(C)nc1CC.